The largest absolute Gasteiger partial charge is 0.369 e. The van der Waals surface area contributed by atoms with E-state index >= 15 is 0 Å². The van der Waals surface area contributed by atoms with Crippen LogP contribution < -0.4 is 5.32 Å². The van der Waals surface area contributed by atoms with Crippen LogP contribution >= 0.6 is 0 Å². The van der Waals surface area contributed by atoms with Gasteiger partial charge in [0.1, 0.15) is 5.82 Å². The molecule has 3 rings (SSSR count). The number of hydrogen-bond acceptors (Lipinski definition) is 4. The molecule has 1 N–H and O–H groups in total. The van der Waals surface area contributed by atoms with Gasteiger partial charge in [0.2, 0.25) is 0 Å². The molecule has 0 aliphatic carbocycles. The third-order valence-corrected chi connectivity index (χ3v) is 3.77. The highest BCUT2D eigenvalue weighted by Gasteiger charge is 2.09. The van der Waals surface area contributed by atoms with Gasteiger partial charge < -0.3 is 10.2 Å². The second-order valence-corrected chi connectivity index (χ2v) is 6.18. The van der Waals surface area contributed by atoms with Crippen molar-refractivity contribution in [3.05, 3.63) is 47.7 Å². The van der Waals surface area contributed by atoms with E-state index < -0.39 is 0 Å². The fraction of sp³-hybridized carbons (Fsp3) is 0.333. The summed E-state index contributed by atoms with van der Waals surface area (Å²) in [6, 6.07) is 12.5. The van der Waals surface area contributed by atoms with Crippen molar-refractivity contribution in [3.8, 4) is 11.3 Å². The van der Waals surface area contributed by atoms with E-state index in [9.17, 15) is 0 Å². The van der Waals surface area contributed by atoms with Crippen molar-refractivity contribution < 1.29 is 0 Å². The Morgan fingerprint density at radius 2 is 1.83 bits per heavy atom. The molecule has 0 aliphatic heterocycles. The molecule has 5 nitrogen and oxygen atoms in total. The summed E-state index contributed by atoms with van der Waals surface area (Å²) in [5.41, 5.74) is 5.16. The number of anilines is 1. The lowest BCUT2D eigenvalue weighted by Crippen LogP contribution is -2.21. The zero-order chi connectivity index (χ0) is 16.4. The van der Waals surface area contributed by atoms with Crippen molar-refractivity contribution in [2.75, 3.05) is 32.5 Å². The van der Waals surface area contributed by atoms with E-state index in [0.717, 1.165) is 41.5 Å². The van der Waals surface area contributed by atoms with E-state index in [1.807, 2.05) is 23.6 Å². The summed E-state index contributed by atoms with van der Waals surface area (Å²) in [7, 11) is 4.14. The zero-order valence-electron chi connectivity index (χ0n) is 14.2. The lowest BCUT2D eigenvalue weighted by molar-refractivity contribution is 0.425. The molecular formula is C18H23N5. The fourth-order valence-corrected chi connectivity index (χ4v) is 2.50. The minimum absolute atomic E-state index is 0.866. The Morgan fingerprint density at radius 1 is 1.09 bits per heavy atom. The molecule has 0 unspecified atom stereocenters. The second kappa shape index (κ2) is 6.38. The molecule has 0 bridgehead atoms. The van der Waals surface area contributed by atoms with Crippen LogP contribution in [-0.4, -0.2) is 46.7 Å². The van der Waals surface area contributed by atoms with Gasteiger partial charge in [-0.25, -0.2) is 4.98 Å². The molecule has 3 aromatic rings. The quantitative estimate of drug-likeness (QED) is 0.787. The topological polar surface area (TPSA) is 45.5 Å². The number of aryl methyl sites for hydroxylation is 2. The summed E-state index contributed by atoms with van der Waals surface area (Å²) < 4.78 is 1.89. The van der Waals surface area contributed by atoms with Gasteiger partial charge in [-0.05, 0) is 27.9 Å². The van der Waals surface area contributed by atoms with E-state index in [2.05, 4.69) is 60.5 Å². The lowest BCUT2D eigenvalue weighted by atomic mass is 10.1. The van der Waals surface area contributed by atoms with E-state index in [-0.39, 0.29) is 0 Å². The average Bonchev–Trinajstić information content (AvgIpc) is 2.91. The van der Waals surface area contributed by atoms with Crippen LogP contribution in [0.4, 0.5) is 5.82 Å². The van der Waals surface area contributed by atoms with Crippen molar-refractivity contribution in [2.24, 2.45) is 0 Å². The standard InChI is InChI=1S/C18H23N5/c1-13-5-7-15(8-6-13)16-12-18-20-14(2)11-17(23(18)21-16)19-9-10-22(3)4/h5-8,11-12,19H,9-10H2,1-4H3. The molecule has 0 fully saturated rings. The van der Waals surface area contributed by atoms with Crippen molar-refractivity contribution in [1.29, 1.82) is 0 Å². The molecule has 120 valence electrons. The summed E-state index contributed by atoms with van der Waals surface area (Å²) in [6.07, 6.45) is 0. The molecule has 23 heavy (non-hydrogen) atoms. The molecular weight excluding hydrogens is 286 g/mol. The highest BCUT2D eigenvalue weighted by atomic mass is 15.3. The Kier molecular flexibility index (Phi) is 4.30. The van der Waals surface area contributed by atoms with Crippen molar-refractivity contribution in [3.63, 3.8) is 0 Å². The average molecular weight is 309 g/mol. The molecule has 1 aromatic carbocycles. The third-order valence-electron chi connectivity index (χ3n) is 3.77. The first kappa shape index (κ1) is 15.5. The van der Waals surface area contributed by atoms with Crippen LogP contribution in [0, 0.1) is 13.8 Å². The Hall–Kier alpha value is -2.40. The number of aromatic nitrogens is 3. The highest BCUT2D eigenvalue weighted by molar-refractivity contribution is 5.66. The number of nitrogens with one attached hydrogen (secondary N) is 1. The maximum Gasteiger partial charge on any atom is 0.158 e. The van der Waals surface area contributed by atoms with E-state index in [1.165, 1.54) is 5.56 Å². The van der Waals surface area contributed by atoms with Crippen LogP contribution in [0.1, 0.15) is 11.3 Å². The molecule has 2 heterocycles. The molecule has 5 heteroatoms. The van der Waals surface area contributed by atoms with Gasteiger partial charge in [-0.3, -0.25) is 0 Å². The van der Waals surface area contributed by atoms with Gasteiger partial charge in [0.05, 0.1) is 5.69 Å². The van der Waals surface area contributed by atoms with Gasteiger partial charge in [-0.15, -0.1) is 0 Å². The van der Waals surface area contributed by atoms with Crippen LogP contribution in [0.5, 0.6) is 0 Å². The first-order chi connectivity index (χ1) is 11.0. The van der Waals surface area contributed by atoms with Crippen molar-refractivity contribution in [1.82, 2.24) is 19.5 Å². The van der Waals surface area contributed by atoms with Gasteiger partial charge in [0, 0.05) is 36.5 Å². The fourth-order valence-electron chi connectivity index (χ4n) is 2.50. The third kappa shape index (κ3) is 3.51. The maximum absolute atomic E-state index is 4.73. The summed E-state index contributed by atoms with van der Waals surface area (Å²) in [5, 5.41) is 8.18. The minimum atomic E-state index is 0.866. The minimum Gasteiger partial charge on any atom is -0.369 e. The van der Waals surface area contributed by atoms with E-state index in [1.54, 1.807) is 0 Å². The molecule has 0 amide bonds. The zero-order valence-corrected chi connectivity index (χ0v) is 14.2. The maximum atomic E-state index is 4.73. The molecule has 2 aromatic heterocycles. The summed E-state index contributed by atoms with van der Waals surface area (Å²) in [5.74, 6) is 0.979. The summed E-state index contributed by atoms with van der Waals surface area (Å²) >= 11 is 0. The molecule has 0 radical (unpaired) electrons. The van der Waals surface area contributed by atoms with Gasteiger partial charge >= 0.3 is 0 Å². The van der Waals surface area contributed by atoms with Crippen LogP contribution in [0.25, 0.3) is 16.9 Å². The first-order valence-corrected chi connectivity index (χ1v) is 7.86. The van der Waals surface area contributed by atoms with Crippen LogP contribution in [0.2, 0.25) is 0 Å². The molecule has 0 saturated heterocycles. The van der Waals surface area contributed by atoms with Gasteiger partial charge in [-0.2, -0.15) is 9.61 Å². The SMILES string of the molecule is Cc1ccc(-c2cc3nc(C)cc(NCCN(C)C)n3n2)cc1. The predicted molar refractivity (Wildman–Crippen MR) is 94.9 cm³/mol. The van der Waals surface area contributed by atoms with Gasteiger partial charge in [-0.1, -0.05) is 29.8 Å². The number of rotatable bonds is 5. The summed E-state index contributed by atoms with van der Waals surface area (Å²) in [6.45, 7) is 5.93. The Bertz CT molecular complexity index is 802. The number of fused-ring (bicyclic) bond motifs is 1. The number of nitrogens with zero attached hydrogens (tertiary/aromatic N) is 4. The number of hydrogen-bond donors (Lipinski definition) is 1. The van der Waals surface area contributed by atoms with Crippen molar-refractivity contribution >= 4 is 11.5 Å². The van der Waals surface area contributed by atoms with Gasteiger partial charge in [0.15, 0.2) is 5.65 Å². The first-order valence-electron chi connectivity index (χ1n) is 7.86. The molecule has 0 saturated carbocycles. The van der Waals surface area contributed by atoms with Gasteiger partial charge in [0.25, 0.3) is 0 Å². The normalized spacial score (nSPS) is 11.3. The van der Waals surface area contributed by atoms with Crippen LogP contribution in [-0.2, 0) is 0 Å². The lowest BCUT2D eigenvalue weighted by Gasteiger charge is -2.12. The van der Waals surface area contributed by atoms with Crippen LogP contribution in [0.3, 0.4) is 0 Å². The summed E-state index contributed by atoms with van der Waals surface area (Å²) in [4.78, 5) is 6.75. The van der Waals surface area contributed by atoms with Crippen molar-refractivity contribution in [2.45, 2.75) is 13.8 Å². The van der Waals surface area contributed by atoms with Crippen LogP contribution in [0.15, 0.2) is 36.4 Å². The Morgan fingerprint density at radius 3 is 2.52 bits per heavy atom. The molecule has 0 spiro atoms. The van der Waals surface area contributed by atoms with E-state index in [0.29, 0.717) is 0 Å². The number of likely N-dealkylation sites (N-methyl/N-ethyl adjacent to an activating group) is 1. The highest BCUT2D eigenvalue weighted by Crippen LogP contribution is 2.22. The second-order valence-electron chi connectivity index (χ2n) is 6.18. The van der Waals surface area contributed by atoms with E-state index in [4.69, 9.17) is 5.10 Å². The predicted octanol–water partition coefficient (Wildman–Crippen LogP) is 2.99. The Balaban J connectivity index is 1.96. The molecule has 0 atom stereocenters. The number of benzene rings is 1. The Labute approximate surface area is 137 Å². The monoisotopic (exact) mass is 309 g/mol. The molecule has 0 aliphatic rings. The smallest absolute Gasteiger partial charge is 0.158 e.